The lowest BCUT2D eigenvalue weighted by Crippen LogP contribution is -2.16. The number of benzene rings is 1. The smallest absolute Gasteiger partial charge is 0.334 e. The summed E-state index contributed by atoms with van der Waals surface area (Å²) >= 11 is 0. The van der Waals surface area contributed by atoms with Crippen LogP contribution in [0.1, 0.15) is 57.4 Å². The predicted molar refractivity (Wildman–Crippen MR) is 153 cm³/mol. The fourth-order valence-electron chi connectivity index (χ4n) is 4.25. The van der Waals surface area contributed by atoms with Crippen LogP contribution in [0.5, 0.6) is 11.5 Å². The maximum atomic E-state index is 12.2. The van der Waals surface area contributed by atoms with Crippen molar-refractivity contribution in [2.75, 3.05) is 67.1 Å². The number of ether oxygens (including phenoxy) is 8. The highest BCUT2D eigenvalue weighted by atomic mass is 16.6. The molecule has 2 rings (SSSR count). The van der Waals surface area contributed by atoms with Gasteiger partial charge in [-0.2, -0.15) is 0 Å². The maximum absolute atomic E-state index is 12.2. The quantitative estimate of drug-likeness (QED) is 0.0886. The summed E-state index contributed by atoms with van der Waals surface area (Å²) < 4.78 is 44.2. The maximum Gasteiger partial charge on any atom is 0.334 e. The Morgan fingerprint density at radius 2 is 1.56 bits per heavy atom. The van der Waals surface area contributed by atoms with Crippen molar-refractivity contribution in [2.24, 2.45) is 0 Å². The summed E-state index contributed by atoms with van der Waals surface area (Å²) in [4.78, 5) is 22.7. The van der Waals surface area contributed by atoms with E-state index < -0.39 is 0 Å². The van der Waals surface area contributed by atoms with Crippen molar-refractivity contribution in [1.29, 1.82) is 0 Å². The minimum Gasteiger partial charge on any atom is -0.493 e. The van der Waals surface area contributed by atoms with E-state index in [1.807, 2.05) is 31.2 Å². The molecular formula is C31H48O10. The van der Waals surface area contributed by atoms with Gasteiger partial charge in [-0.3, -0.25) is 0 Å². The van der Waals surface area contributed by atoms with Crippen molar-refractivity contribution >= 4 is 12.3 Å². The van der Waals surface area contributed by atoms with Gasteiger partial charge in [0.05, 0.1) is 66.1 Å². The van der Waals surface area contributed by atoms with E-state index in [0.29, 0.717) is 89.4 Å². The van der Waals surface area contributed by atoms with Crippen molar-refractivity contribution in [3.05, 3.63) is 35.4 Å². The molecule has 0 N–H and O–H groups in total. The van der Waals surface area contributed by atoms with Crippen LogP contribution in [0.15, 0.2) is 29.8 Å². The molecule has 1 aliphatic rings. The molecule has 0 bridgehead atoms. The number of cyclic esters (lactones) is 1. The van der Waals surface area contributed by atoms with Crippen LogP contribution >= 0.6 is 0 Å². The summed E-state index contributed by atoms with van der Waals surface area (Å²) in [6, 6.07) is 5.72. The predicted octanol–water partition coefficient (Wildman–Crippen LogP) is 4.46. The third kappa shape index (κ3) is 15.3. The summed E-state index contributed by atoms with van der Waals surface area (Å²) in [5.41, 5.74) is 1.62. The molecule has 2 atom stereocenters. The van der Waals surface area contributed by atoms with Gasteiger partial charge in [0, 0.05) is 25.5 Å². The SMILES string of the molecule is COCCOCCOCCOCCOc1ccc(CO[C@@H](CCCCCCC=O)CC2=C[C@@H](C)OC2=O)cc1OC. The van der Waals surface area contributed by atoms with Gasteiger partial charge in [-0.25, -0.2) is 4.79 Å². The molecular weight excluding hydrogens is 532 g/mol. The molecule has 0 aliphatic carbocycles. The first kappa shape index (κ1) is 34.7. The third-order valence-electron chi connectivity index (χ3n) is 6.41. The molecule has 10 nitrogen and oxygen atoms in total. The molecule has 1 aromatic carbocycles. The molecule has 0 saturated carbocycles. The molecule has 0 radical (unpaired) electrons. The van der Waals surface area contributed by atoms with Crippen molar-refractivity contribution in [3.8, 4) is 11.5 Å². The summed E-state index contributed by atoms with van der Waals surface area (Å²) in [7, 11) is 3.24. The van der Waals surface area contributed by atoms with Gasteiger partial charge in [-0.15, -0.1) is 0 Å². The molecule has 0 unspecified atom stereocenters. The first-order chi connectivity index (χ1) is 20.1. The normalized spacial score (nSPS) is 15.4. The lowest BCUT2D eigenvalue weighted by atomic mass is 10.0. The van der Waals surface area contributed by atoms with Gasteiger partial charge in [0.1, 0.15) is 19.0 Å². The van der Waals surface area contributed by atoms with Crippen LogP contribution in [0.3, 0.4) is 0 Å². The summed E-state index contributed by atoms with van der Waals surface area (Å²) in [5, 5.41) is 0. The number of carbonyl (C=O) groups excluding carboxylic acids is 2. The van der Waals surface area contributed by atoms with E-state index in [9.17, 15) is 9.59 Å². The first-order valence-corrected chi connectivity index (χ1v) is 14.6. The Hall–Kier alpha value is -2.50. The lowest BCUT2D eigenvalue weighted by Gasteiger charge is -2.19. The minimum atomic E-state index is -0.264. The van der Waals surface area contributed by atoms with Gasteiger partial charge >= 0.3 is 5.97 Å². The topological polar surface area (TPSA) is 108 Å². The average Bonchev–Trinajstić information content (AvgIpc) is 3.29. The number of hydrogen-bond acceptors (Lipinski definition) is 10. The Morgan fingerprint density at radius 3 is 2.20 bits per heavy atom. The van der Waals surface area contributed by atoms with Gasteiger partial charge in [0.15, 0.2) is 11.5 Å². The van der Waals surface area contributed by atoms with Crippen molar-refractivity contribution in [1.82, 2.24) is 0 Å². The van der Waals surface area contributed by atoms with Crippen LogP contribution < -0.4 is 9.47 Å². The monoisotopic (exact) mass is 580 g/mol. The number of aldehydes is 1. The Labute approximate surface area is 244 Å². The lowest BCUT2D eigenvalue weighted by molar-refractivity contribution is -0.139. The minimum absolute atomic E-state index is 0.114. The fraction of sp³-hybridized carbons (Fsp3) is 0.677. The molecule has 0 amide bonds. The molecule has 0 aromatic heterocycles. The molecule has 1 aromatic rings. The third-order valence-corrected chi connectivity index (χ3v) is 6.41. The van der Waals surface area contributed by atoms with Crippen LogP contribution in [0.4, 0.5) is 0 Å². The molecule has 41 heavy (non-hydrogen) atoms. The van der Waals surface area contributed by atoms with Gasteiger partial charge < -0.3 is 42.7 Å². The van der Waals surface area contributed by atoms with Gasteiger partial charge in [0.2, 0.25) is 0 Å². The van der Waals surface area contributed by atoms with Gasteiger partial charge in [-0.05, 0) is 43.5 Å². The summed E-state index contributed by atoms with van der Waals surface area (Å²) in [6.07, 6.45) is 8.37. The van der Waals surface area contributed by atoms with Crippen molar-refractivity contribution in [2.45, 2.75) is 70.7 Å². The number of hydrogen-bond donors (Lipinski definition) is 0. The number of rotatable bonds is 26. The Balaban J connectivity index is 1.74. The van der Waals surface area contributed by atoms with Crippen LogP contribution in [0.2, 0.25) is 0 Å². The standard InChI is InChI=1S/C31H48O10/c1-25-21-27(31(33)41-25)23-28(9-7-5-4-6-8-12-32)40-24-26-10-11-29(30(22-26)35-3)39-20-19-38-18-17-37-16-15-36-14-13-34-2/h10-12,21-22,25,28H,4-9,13-20,23-24H2,1-3H3/t25-,28+/m1/s1. The first-order valence-electron chi connectivity index (χ1n) is 14.6. The zero-order chi connectivity index (χ0) is 29.5. The van der Waals surface area contributed by atoms with E-state index >= 15 is 0 Å². The Bertz CT molecular complexity index is 888. The number of unbranched alkanes of at least 4 members (excludes halogenated alkanes) is 4. The van der Waals surface area contributed by atoms with Crippen LogP contribution in [0.25, 0.3) is 0 Å². The van der Waals surface area contributed by atoms with E-state index in [0.717, 1.165) is 44.0 Å². The van der Waals surface area contributed by atoms with E-state index in [1.54, 1.807) is 14.2 Å². The fourth-order valence-corrected chi connectivity index (χ4v) is 4.25. The van der Waals surface area contributed by atoms with Crippen LogP contribution in [-0.2, 0) is 44.6 Å². The second-order valence-electron chi connectivity index (χ2n) is 9.76. The molecule has 1 aliphatic heterocycles. The highest BCUT2D eigenvalue weighted by Gasteiger charge is 2.25. The molecule has 10 heteroatoms. The molecule has 0 saturated heterocycles. The molecule has 0 spiro atoms. The zero-order valence-corrected chi connectivity index (χ0v) is 24.9. The van der Waals surface area contributed by atoms with Gasteiger partial charge in [-0.1, -0.05) is 25.3 Å². The second-order valence-corrected chi connectivity index (χ2v) is 9.76. The molecule has 232 valence electrons. The number of esters is 1. The van der Waals surface area contributed by atoms with E-state index in [4.69, 9.17) is 37.9 Å². The Morgan fingerprint density at radius 1 is 0.878 bits per heavy atom. The largest absolute Gasteiger partial charge is 0.493 e. The number of methoxy groups -OCH3 is 2. The molecule has 1 heterocycles. The van der Waals surface area contributed by atoms with E-state index in [1.165, 1.54) is 0 Å². The summed E-state index contributed by atoms with van der Waals surface area (Å²) in [5.74, 6) is 0.981. The van der Waals surface area contributed by atoms with Crippen molar-refractivity contribution in [3.63, 3.8) is 0 Å². The highest BCUT2D eigenvalue weighted by Crippen LogP contribution is 2.29. The van der Waals surface area contributed by atoms with E-state index in [-0.39, 0.29) is 18.2 Å². The summed E-state index contributed by atoms with van der Waals surface area (Å²) in [6.45, 7) is 6.19. The Kier molecular flexibility index (Phi) is 18.7. The zero-order valence-electron chi connectivity index (χ0n) is 24.9. The number of carbonyl (C=O) groups is 2. The highest BCUT2D eigenvalue weighted by molar-refractivity contribution is 5.90. The van der Waals surface area contributed by atoms with Crippen LogP contribution in [0, 0.1) is 0 Å². The second kappa shape index (κ2) is 22.1. The van der Waals surface area contributed by atoms with Crippen LogP contribution in [-0.4, -0.2) is 91.5 Å². The molecule has 0 fully saturated rings. The van der Waals surface area contributed by atoms with Crippen molar-refractivity contribution < 1.29 is 47.5 Å². The average molecular weight is 581 g/mol. The van der Waals surface area contributed by atoms with E-state index in [2.05, 4.69) is 0 Å². The van der Waals surface area contributed by atoms with Gasteiger partial charge in [0.25, 0.3) is 0 Å².